The van der Waals surface area contributed by atoms with E-state index in [1.54, 1.807) is 36.4 Å². The minimum absolute atomic E-state index is 0.107. The first-order valence-corrected chi connectivity index (χ1v) is 7.72. The molecule has 2 aromatic carbocycles. The fourth-order valence-corrected chi connectivity index (χ4v) is 2.61. The topological polar surface area (TPSA) is 72.2 Å². The molecular formula is C18H19ClN2O2. The number of rotatable bonds is 5. The summed E-state index contributed by atoms with van der Waals surface area (Å²) < 4.78 is 0. The summed E-state index contributed by atoms with van der Waals surface area (Å²) in [6.07, 6.45) is 0. The molecule has 23 heavy (non-hydrogen) atoms. The minimum Gasteiger partial charge on any atom is -0.366 e. The molecule has 0 aliphatic rings. The van der Waals surface area contributed by atoms with Crippen molar-refractivity contribution in [3.8, 4) is 0 Å². The Balaban J connectivity index is 2.23. The van der Waals surface area contributed by atoms with Crippen LogP contribution in [-0.4, -0.2) is 11.8 Å². The van der Waals surface area contributed by atoms with Gasteiger partial charge in [0, 0.05) is 16.3 Å². The predicted octanol–water partition coefficient (Wildman–Crippen LogP) is 3.82. The summed E-state index contributed by atoms with van der Waals surface area (Å²) in [5, 5.41) is 3.48. The Labute approximate surface area is 140 Å². The van der Waals surface area contributed by atoms with Crippen LogP contribution in [0, 0.1) is 5.92 Å². The Hall–Kier alpha value is -2.33. The number of amides is 2. The average Bonchev–Trinajstić information content (AvgIpc) is 2.49. The number of anilines is 1. The van der Waals surface area contributed by atoms with Gasteiger partial charge in [-0.25, -0.2) is 0 Å². The predicted molar refractivity (Wildman–Crippen MR) is 92.6 cm³/mol. The molecule has 1 atom stereocenters. The lowest BCUT2D eigenvalue weighted by atomic mass is 9.87. The highest BCUT2D eigenvalue weighted by molar-refractivity contribution is 6.30. The van der Waals surface area contributed by atoms with Gasteiger partial charge >= 0.3 is 0 Å². The van der Waals surface area contributed by atoms with Gasteiger partial charge in [0.2, 0.25) is 11.8 Å². The number of carbonyl (C=O) groups is 2. The van der Waals surface area contributed by atoms with E-state index in [2.05, 4.69) is 5.32 Å². The number of hydrogen-bond acceptors (Lipinski definition) is 2. The number of benzene rings is 2. The molecule has 2 amide bonds. The molecule has 5 heteroatoms. The maximum atomic E-state index is 12.7. The van der Waals surface area contributed by atoms with Crippen LogP contribution in [0.4, 0.5) is 5.69 Å². The number of carbonyl (C=O) groups excluding carboxylic acids is 2. The molecule has 0 radical (unpaired) electrons. The van der Waals surface area contributed by atoms with Gasteiger partial charge in [0.15, 0.2) is 0 Å². The van der Waals surface area contributed by atoms with Crippen molar-refractivity contribution in [1.82, 2.24) is 0 Å². The summed E-state index contributed by atoms with van der Waals surface area (Å²) in [6, 6.07) is 13.8. The molecule has 0 spiro atoms. The van der Waals surface area contributed by atoms with Crippen LogP contribution in [0.2, 0.25) is 5.02 Å². The molecule has 0 saturated heterocycles. The summed E-state index contributed by atoms with van der Waals surface area (Å²) in [6.45, 7) is 3.97. The zero-order valence-corrected chi connectivity index (χ0v) is 13.8. The van der Waals surface area contributed by atoms with Crippen LogP contribution >= 0.6 is 11.6 Å². The summed E-state index contributed by atoms with van der Waals surface area (Å²) in [5.74, 6) is -0.872. The number of primary amides is 1. The highest BCUT2D eigenvalue weighted by Gasteiger charge is 2.24. The van der Waals surface area contributed by atoms with E-state index >= 15 is 0 Å². The third-order valence-corrected chi connectivity index (χ3v) is 3.84. The van der Waals surface area contributed by atoms with Crippen molar-refractivity contribution >= 4 is 29.1 Å². The second kappa shape index (κ2) is 7.29. The highest BCUT2D eigenvalue weighted by Crippen LogP contribution is 2.27. The smallest absolute Gasteiger partial charge is 0.248 e. The van der Waals surface area contributed by atoms with E-state index in [1.807, 2.05) is 26.0 Å². The van der Waals surface area contributed by atoms with Crippen molar-refractivity contribution in [2.75, 3.05) is 5.32 Å². The fraction of sp³-hybridized carbons (Fsp3) is 0.222. The zero-order chi connectivity index (χ0) is 17.0. The lowest BCUT2D eigenvalue weighted by Crippen LogP contribution is -2.25. The molecular weight excluding hydrogens is 312 g/mol. The van der Waals surface area contributed by atoms with Crippen LogP contribution in [0.25, 0.3) is 0 Å². The first-order chi connectivity index (χ1) is 10.9. The normalized spacial score (nSPS) is 12.0. The fourth-order valence-electron chi connectivity index (χ4n) is 2.48. The summed E-state index contributed by atoms with van der Waals surface area (Å²) in [7, 11) is 0. The number of halogens is 1. The molecule has 0 aromatic heterocycles. The van der Waals surface area contributed by atoms with Crippen molar-refractivity contribution in [2.24, 2.45) is 11.7 Å². The maximum Gasteiger partial charge on any atom is 0.248 e. The van der Waals surface area contributed by atoms with E-state index < -0.39 is 5.91 Å². The average molecular weight is 331 g/mol. The van der Waals surface area contributed by atoms with E-state index in [1.165, 1.54) is 0 Å². The van der Waals surface area contributed by atoms with Crippen molar-refractivity contribution in [2.45, 2.75) is 19.8 Å². The largest absolute Gasteiger partial charge is 0.366 e. The Kier molecular flexibility index (Phi) is 5.40. The summed E-state index contributed by atoms with van der Waals surface area (Å²) in [5.41, 5.74) is 7.06. The van der Waals surface area contributed by atoms with Gasteiger partial charge in [0.25, 0.3) is 0 Å². The monoisotopic (exact) mass is 330 g/mol. The molecule has 120 valence electrons. The van der Waals surface area contributed by atoms with Crippen molar-refractivity contribution in [3.05, 3.63) is 64.7 Å². The number of nitrogens with two attached hydrogens (primary N) is 1. The molecule has 0 aliphatic carbocycles. The molecule has 0 aliphatic heterocycles. The Morgan fingerprint density at radius 2 is 1.74 bits per heavy atom. The highest BCUT2D eigenvalue weighted by atomic mass is 35.5. The van der Waals surface area contributed by atoms with E-state index in [4.69, 9.17) is 17.3 Å². The van der Waals surface area contributed by atoms with Gasteiger partial charge in [0.05, 0.1) is 5.92 Å². The van der Waals surface area contributed by atoms with E-state index in [9.17, 15) is 9.59 Å². The lowest BCUT2D eigenvalue weighted by Gasteiger charge is -2.21. The minimum atomic E-state index is -0.529. The summed E-state index contributed by atoms with van der Waals surface area (Å²) in [4.78, 5) is 23.9. The van der Waals surface area contributed by atoms with Gasteiger partial charge in [-0.15, -0.1) is 0 Å². The quantitative estimate of drug-likeness (QED) is 0.874. The first-order valence-electron chi connectivity index (χ1n) is 7.34. The Bertz CT molecular complexity index is 711. The van der Waals surface area contributed by atoms with Gasteiger partial charge in [-0.05, 0) is 41.8 Å². The van der Waals surface area contributed by atoms with Gasteiger partial charge in [0.1, 0.15) is 0 Å². The Morgan fingerprint density at radius 3 is 2.30 bits per heavy atom. The molecule has 2 rings (SSSR count). The van der Waals surface area contributed by atoms with Crippen LogP contribution in [0.3, 0.4) is 0 Å². The third-order valence-electron chi connectivity index (χ3n) is 3.59. The van der Waals surface area contributed by atoms with Gasteiger partial charge in [-0.3, -0.25) is 9.59 Å². The van der Waals surface area contributed by atoms with E-state index in [0.29, 0.717) is 16.3 Å². The molecule has 0 saturated carbocycles. The van der Waals surface area contributed by atoms with E-state index in [-0.39, 0.29) is 17.7 Å². The molecule has 0 heterocycles. The molecule has 0 unspecified atom stereocenters. The van der Waals surface area contributed by atoms with Crippen LogP contribution in [0.5, 0.6) is 0 Å². The molecule has 0 bridgehead atoms. The second-order valence-electron chi connectivity index (χ2n) is 5.71. The third kappa shape index (κ3) is 4.33. The zero-order valence-electron chi connectivity index (χ0n) is 13.0. The first kappa shape index (κ1) is 17.0. The van der Waals surface area contributed by atoms with Gasteiger partial charge in [-0.1, -0.05) is 43.6 Å². The van der Waals surface area contributed by atoms with Crippen LogP contribution < -0.4 is 11.1 Å². The number of hydrogen-bond donors (Lipinski definition) is 2. The molecule has 0 fully saturated rings. The van der Waals surface area contributed by atoms with Crippen molar-refractivity contribution in [3.63, 3.8) is 0 Å². The lowest BCUT2D eigenvalue weighted by molar-refractivity contribution is -0.118. The van der Waals surface area contributed by atoms with Crippen LogP contribution in [0.15, 0.2) is 48.5 Å². The Morgan fingerprint density at radius 1 is 1.09 bits per heavy atom. The number of nitrogens with one attached hydrogen (secondary N) is 1. The van der Waals surface area contributed by atoms with Crippen LogP contribution in [0.1, 0.15) is 35.7 Å². The van der Waals surface area contributed by atoms with E-state index in [0.717, 1.165) is 5.56 Å². The maximum absolute atomic E-state index is 12.7. The molecule has 2 aromatic rings. The second-order valence-corrected chi connectivity index (χ2v) is 6.14. The van der Waals surface area contributed by atoms with Gasteiger partial charge < -0.3 is 11.1 Å². The van der Waals surface area contributed by atoms with Crippen molar-refractivity contribution in [1.29, 1.82) is 0 Å². The molecule has 3 N–H and O–H groups in total. The van der Waals surface area contributed by atoms with Gasteiger partial charge in [-0.2, -0.15) is 0 Å². The standard InChI is InChI=1S/C18H19ClN2O2/c1-11(2)16(12-6-8-14(19)9-7-12)18(23)21-15-5-3-4-13(10-15)17(20)22/h3-11,16H,1-2H3,(H2,20,22)(H,21,23)/t16-/m1/s1. The molecule has 4 nitrogen and oxygen atoms in total. The van der Waals surface area contributed by atoms with Crippen molar-refractivity contribution < 1.29 is 9.59 Å². The van der Waals surface area contributed by atoms with Crippen LogP contribution in [-0.2, 0) is 4.79 Å². The SMILES string of the molecule is CC(C)[C@@H](C(=O)Nc1cccc(C(N)=O)c1)c1ccc(Cl)cc1. The summed E-state index contributed by atoms with van der Waals surface area (Å²) >= 11 is 5.91.